The van der Waals surface area contributed by atoms with Crippen LogP contribution >= 0.6 is 11.3 Å². The van der Waals surface area contributed by atoms with Gasteiger partial charge in [-0.3, -0.25) is 14.6 Å². The molecule has 8 heteroatoms. The van der Waals surface area contributed by atoms with Gasteiger partial charge in [0.05, 0.1) is 29.9 Å². The molecule has 1 unspecified atom stereocenters. The van der Waals surface area contributed by atoms with E-state index in [1.54, 1.807) is 31.3 Å². The molecule has 0 spiro atoms. The van der Waals surface area contributed by atoms with Crippen LogP contribution in [-0.2, 0) is 4.74 Å². The van der Waals surface area contributed by atoms with Gasteiger partial charge in [-0.25, -0.2) is 0 Å². The van der Waals surface area contributed by atoms with E-state index in [2.05, 4.69) is 9.88 Å². The molecule has 1 atom stereocenters. The lowest BCUT2D eigenvalue weighted by molar-refractivity contribution is 0.0330. The average molecular weight is 506 g/mol. The second-order valence-corrected chi connectivity index (χ2v) is 11.3. The minimum absolute atomic E-state index is 0.0709. The molecule has 1 aromatic carbocycles. The van der Waals surface area contributed by atoms with Crippen molar-refractivity contribution >= 4 is 28.0 Å². The Kier molecular flexibility index (Phi) is 6.44. The predicted octanol–water partition coefficient (Wildman–Crippen LogP) is 4.66. The summed E-state index contributed by atoms with van der Waals surface area (Å²) in [4.78, 5) is 34.8. The molecule has 1 N–H and O–H groups in total. The number of amides is 1. The molecular weight excluding hydrogens is 474 g/mol. The van der Waals surface area contributed by atoms with Crippen molar-refractivity contribution in [2.75, 3.05) is 45.3 Å². The predicted molar refractivity (Wildman–Crippen MR) is 142 cm³/mol. The first kappa shape index (κ1) is 24.6. The number of nitrogens with zero attached hydrogens (tertiary/aromatic N) is 3. The SMILES string of the molecule is CN(C)C(=O)c1cccc(-c2cc(-c3c(N4CCOCC4)sc4c3C(O)C(C)(C)CC4=O)ccn2)c1. The quantitative estimate of drug-likeness (QED) is 0.555. The minimum atomic E-state index is -0.760. The minimum Gasteiger partial charge on any atom is -0.388 e. The van der Waals surface area contributed by atoms with Crippen LogP contribution in [0.4, 0.5) is 5.00 Å². The van der Waals surface area contributed by atoms with Gasteiger partial charge in [0, 0.05) is 67.5 Å². The van der Waals surface area contributed by atoms with Gasteiger partial charge in [0.15, 0.2) is 5.78 Å². The molecule has 3 aromatic rings. The summed E-state index contributed by atoms with van der Waals surface area (Å²) in [5.74, 6) is 0.00798. The van der Waals surface area contributed by atoms with Crippen LogP contribution in [0.3, 0.4) is 0 Å². The van der Waals surface area contributed by atoms with Crippen LogP contribution in [0.25, 0.3) is 22.4 Å². The number of ketones is 1. The van der Waals surface area contributed by atoms with E-state index in [-0.39, 0.29) is 11.7 Å². The summed E-state index contributed by atoms with van der Waals surface area (Å²) in [7, 11) is 3.46. The molecule has 1 aliphatic carbocycles. The summed E-state index contributed by atoms with van der Waals surface area (Å²) in [5.41, 5.74) is 4.11. The van der Waals surface area contributed by atoms with E-state index >= 15 is 0 Å². The number of fused-ring (bicyclic) bond motifs is 1. The highest BCUT2D eigenvalue weighted by Gasteiger charge is 2.43. The molecule has 0 saturated carbocycles. The third-order valence-corrected chi connectivity index (χ3v) is 8.28. The zero-order valence-corrected chi connectivity index (χ0v) is 21.9. The van der Waals surface area contributed by atoms with Crippen molar-refractivity contribution in [1.29, 1.82) is 0 Å². The van der Waals surface area contributed by atoms with Crippen molar-refractivity contribution in [3.63, 3.8) is 0 Å². The highest BCUT2D eigenvalue weighted by atomic mass is 32.1. The largest absolute Gasteiger partial charge is 0.388 e. The number of anilines is 1. The number of aliphatic hydroxyl groups excluding tert-OH is 1. The smallest absolute Gasteiger partial charge is 0.253 e. The first-order valence-electron chi connectivity index (χ1n) is 12.2. The molecular formula is C28H31N3O4S. The fraction of sp³-hybridized carbons (Fsp3) is 0.393. The number of carbonyl (C=O) groups is 2. The molecule has 2 aliphatic rings. The lowest BCUT2D eigenvalue weighted by atomic mass is 9.72. The van der Waals surface area contributed by atoms with Crippen LogP contribution in [0, 0.1) is 5.41 Å². The molecule has 3 heterocycles. The Labute approximate surface area is 215 Å². The zero-order chi connectivity index (χ0) is 25.6. The first-order valence-corrected chi connectivity index (χ1v) is 13.0. The third-order valence-electron chi connectivity index (χ3n) is 6.97. The van der Waals surface area contributed by atoms with E-state index in [0.717, 1.165) is 46.0 Å². The van der Waals surface area contributed by atoms with Gasteiger partial charge in [-0.15, -0.1) is 11.3 Å². The molecule has 36 heavy (non-hydrogen) atoms. The summed E-state index contributed by atoms with van der Waals surface area (Å²) < 4.78 is 5.57. The summed E-state index contributed by atoms with van der Waals surface area (Å²) in [6.45, 7) is 6.59. The van der Waals surface area contributed by atoms with Gasteiger partial charge in [-0.2, -0.15) is 0 Å². The number of benzene rings is 1. The number of hydrogen-bond donors (Lipinski definition) is 1. The van der Waals surface area contributed by atoms with E-state index in [1.807, 2.05) is 44.2 Å². The molecule has 188 valence electrons. The fourth-order valence-electron chi connectivity index (χ4n) is 4.96. The molecule has 1 amide bonds. The Hall–Kier alpha value is -3.07. The standard InChI is InChI=1S/C28H31N3O4S/c1-28(2)16-21(32)24-23(25(28)33)22(27(36-24)31-10-12-35-13-11-31)18-8-9-29-20(15-18)17-6-5-7-19(14-17)26(34)30(3)4/h5-9,14-15,25,33H,10-13,16H2,1-4H3. The lowest BCUT2D eigenvalue weighted by Gasteiger charge is -2.35. The number of thiophene rings is 1. The van der Waals surface area contributed by atoms with Crippen LogP contribution in [0.15, 0.2) is 42.6 Å². The van der Waals surface area contributed by atoms with E-state index in [0.29, 0.717) is 30.1 Å². The molecule has 0 radical (unpaired) electrons. The fourth-order valence-corrected chi connectivity index (χ4v) is 6.31. The molecule has 2 aromatic heterocycles. The Morgan fingerprint density at radius 2 is 1.92 bits per heavy atom. The number of carbonyl (C=O) groups excluding carboxylic acids is 2. The lowest BCUT2D eigenvalue weighted by Crippen LogP contribution is -2.36. The van der Waals surface area contributed by atoms with Crippen LogP contribution < -0.4 is 4.90 Å². The average Bonchev–Trinajstić information content (AvgIpc) is 3.29. The molecule has 7 nitrogen and oxygen atoms in total. The molecule has 1 fully saturated rings. The number of hydrogen-bond acceptors (Lipinski definition) is 7. The van der Waals surface area contributed by atoms with Crippen molar-refractivity contribution in [1.82, 2.24) is 9.88 Å². The monoisotopic (exact) mass is 505 g/mol. The number of Topliss-reactive ketones (excluding diaryl/α,β-unsaturated/α-hetero) is 1. The highest BCUT2D eigenvalue weighted by Crippen LogP contribution is 2.54. The van der Waals surface area contributed by atoms with Crippen molar-refractivity contribution < 1.29 is 19.4 Å². The van der Waals surface area contributed by atoms with Gasteiger partial charge in [0.1, 0.15) is 5.00 Å². The number of ether oxygens (including phenoxy) is 1. The number of aromatic nitrogens is 1. The third kappa shape index (κ3) is 4.34. The Morgan fingerprint density at radius 3 is 2.64 bits per heavy atom. The van der Waals surface area contributed by atoms with Gasteiger partial charge >= 0.3 is 0 Å². The van der Waals surface area contributed by atoms with Gasteiger partial charge < -0.3 is 19.6 Å². The summed E-state index contributed by atoms with van der Waals surface area (Å²) in [6, 6.07) is 11.4. The van der Waals surface area contributed by atoms with Crippen molar-refractivity contribution in [2.45, 2.75) is 26.4 Å². The van der Waals surface area contributed by atoms with Crippen LogP contribution in [0.1, 0.15) is 52.0 Å². The maximum absolute atomic E-state index is 13.2. The van der Waals surface area contributed by atoms with Gasteiger partial charge in [0.25, 0.3) is 5.91 Å². The number of aliphatic hydroxyl groups is 1. The number of morpholine rings is 1. The second kappa shape index (κ2) is 9.42. The van der Waals surface area contributed by atoms with E-state index in [4.69, 9.17) is 4.74 Å². The Bertz CT molecular complexity index is 1320. The maximum Gasteiger partial charge on any atom is 0.253 e. The summed E-state index contributed by atoms with van der Waals surface area (Å²) in [6.07, 6.45) is 1.31. The van der Waals surface area contributed by atoms with E-state index in [1.165, 1.54) is 11.3 Å². The van der Waals surface area contributed by atoms with Crippen molar-refractivity contribution in [3.05, 3.63) is 58.6 Å². The van der Waals surface area contributed by atoms with E-state index < -0.39 is 11.5 Å². The highest BCUT2D eigenvalue weighted by molar-refractivity contribution is 7.19. The molecule has 1 saturated heterocycles. The number of rotatable bonds is 4. The maximum atomic E-state index is 13.2. The molecule has 1 aliphatic heterocycles. The van der Waals surface area contributed by atoms with E-state index in [9.17, 15) is 14.7 Å². The molecule has 5 rings (SSSR count). The summed E-state index contributed by atoms with van der Waals surface area (Å²) >= 11 is 1.48. The van der Waals surface area contributed by atoms with Gasteiger partial charge in [-0.1, -0.05) is 26.0 Å². The van der Waals surface area contributed by atoms with Crippen molar-refractivity contribution in [2.24, 2.45) is 5.41 Å². The normalized spacial score (nSPS) is 19.2. The Balaban J connectivity index is 1.66. The van der Waals surface area contributed by atoms with Crippen LogP contribution in [-0.4, -0.2) is 67.1 Å². The van der Waals surface area contributed by atoms with Gasteiger partial charge in [0.2, 0.25) is 0 Å². The molecule has 0 bridgehead atoms. The van der Waals surface area contributed by atoms with Gasteiger partial charge in [-0.05, 0) is 29.8 Å². The van der Waals surface area contributed by atoms with Crippen LogP contribution in [0.2, 0.25) is 0 Å². The Morgan fingerprint density at radius 1 is 1.17 bits per heavy atom. The first-order chi connectivity index (χ1) is 17.2. The van der Waals surface area contributed by atoms with Crippen molar-refractivity contribution in [3.8, 4) is 22.4 Å². The topological polar surface area (TPSA) is 83.0 Å². The number of pyridine rings is 1. The van der Waals surface area contributed by atoms with Crippen LogP contribution in [0.5, 0.6) is 0 Å². The second-order valence-electron chi connectivity index (χ2n) is 10.3. The zero-order valence-electron chi connectivity index (χ0n) is 21.1. The summed E-state index contributed by atoms with van der Waals surface area (Å²) in [5, 5.41) is 12.4.